The van der Waals surface area contributed by atoms with Gasteiger partial charge in [0.1, 0.15) is 0 Å². The SMILES string of the molecule is FC(F)(F)C(SSSSC(C(F)(F)F)(C(F)(F)F)C(F)(F)F)(C(F)(F)F)C(F)(F)F. The van der Waals surface area contributed by atoms with Crippen LogP contribution in [0.4, 0.5) is 79.0 Å². The van der Waals surface area contributed by atoms with Crippen LogP contribution in [0.15, 0.2) is 0 Å². The van der Waals surface area contributed by atoms with Gasteiger partial charge in [0, 0.05) is 0 Å². The van der Waals surface area contributed by atoms with Gasteiger partial charge in [-0.1, -0.05) is 0 Å². The van der Waals surface area contributed by atoms with Crippen LogP contribution in [0, 0.1) is 0 Å². The second-order valence-electron chi connectivity index (χ2n) is 4.65. The molecule has 0 atom stereocenters. The third-order valence-electron chi connectivity index (χ3n) is 2.74. The predicted molar refractivity (Wildman–Crippen MR) is 72.2 cm³/mol. The molecule has 0 aromatic heterocycles. The first-order valence-corrected chi connectivity index (χ1v) is 10.6. The fraction of sp³-hybridized carbons (Fsp3) is 1.00. The third kappa shape index (κ3) is 5.20. The van der Waals surface area contributed by atoms with Gasteiger partial charge in [0.25, 0.3) is 0 Å². The Balaban J connectivity index is 6.07. The summed E-state index contributed by atoms with van der Waals surface area (Å²) in [6.07, 6.45) is -43.4. The van der Waals surface area contributed by atoms with Gasteiger partial charge in [-0.25, -0.2) is 0 Å². The van der Waals surface area contributed by atoms with Gasteiger partial charge >= 0.3 is 46.6 Å². The highest BCUT2D eigenvalue weighted by Gasteiger charge is 2.86. The number of alkyl halides is 18. The van der Waals surface area contributed by atoms with Crippen molar-refractivity contribution < 1.29 is 79.0 Å². The molecule has 0 radical (unpaired) electrons. The Morgan fingerprint density at radius 1 is 0.267 bits per heavy atom. The van der Waals surface area contributed by atoms with E-state index >= 15 is 0 Å². The Kier molecular flexibility index (Phi) is 8.53. The lowest BCUT2D eigenvalue weighted by Gasteiger charge is -2.38. The van der Waals surface area contributed by atoms with Crippen molar-refractivity contribution in [3.8, 4) is 0 Å². The summed E-state index contributed by atoms with van der Waals surface area (Å²) in [5, 5.41) is 0. The summed E-state index contributed by atoms with van der Waals surface area (Å²) < 4.78 is 213. The molecule has 0 unspecified atom stereocenters. The minimum absolute atomic E-state index is 1.65. The Labute approximate surface area is 167 Å². The summed E-state index contributed by atoms with van der Waals surface area (Å²) in [5.74, 6) is 0. The van der Waals surface area contributed by atoms with Crippen LogP contribution >= 0.6 is 41.2 Å². The first kappa shape index (κ1) is 30.1. The first-order chi connectivity index (χ1) is 12.7. The van der Waals surface area contributed by atoms with Crippen molar-refractivity contribution in [3.05, 3.63) is 0 Å². The second kappa shape index (κ2) is 8.49. The molecule has 0 spiro atoms. The van der Waals surface area contributed by atoms with E-state index in [-0.39, 0.29) is 0 Å². The molecule has 0 rings (SSSR count). The highest BCUT2D eigenvalue weighted by Crippen LogP contribution is 2.70. The van der Waals surface area contributed by atoms with E-state index in [0.717, 1.165) is 0 Å². The molecule has 0 aromatic carbocycles. The Morgan fingerprint density at radius 3 is 0.500 bits per heavy atom. The summed E-state index contributed by atoms with van der Waals surface area (Å²) in [6, 6.07) is 0. The zero-order valence-corrected chi connectivity index (χ0v) is 15.7. The molecule has 22 heteroatoms. The van der Waals surface area contributed by atoms with Gasteiger partial charge in [-0.05, 0) is 41.2 Å². The average molecular weight is 566 g/mol. The Bertz CT molecular complexity index is 448. The van der Waals surface area contributed by atoms with Crippen molar-refractivity contribution >= 4 is 41.2 Å². The molecule has 0 heterocycles. The van der Waals surface area contributed by atoms with E-state index in [1.807, 2.05) is 0 Å². The first-order valence-electron chi connectivity index (χ1n) is 5.81. The number of hydrogen-bond donors (Lipinski definition) is 0. The monoisotopic (exact) mass is 566 g/mol. The summed E-state index contributed by atoms with van der Waals surface area (Å²) in [7, 11) is -8.01. The van der Waals surface area contributed by atoms with Gasteiger partial charge in [-0.3, -0.25) is 0 Å². The van der Waals surface area contributed by atoms with Crippen molar-refractivity contribution in [1.82, 2.24) is 0 Å². The molecule has 0 nitrogen and oxygen atoms in total. The minimum Gasteiger partial charge on any atom is -0.169 e. The van der Waals surface area contributed by atoms with E-state index in [9.17, 15) is 79.0 Å². The Hall–Kier alpha value is 0.140. The number of halogens is 18. The molecule has 0 amide bonds. The topological polar surface area (TPSA) is 0 Å². The summed E-state index contributed by atoms with van der Waals surface area (Å²) in [5.41, 5.74) is 0. The minimum atomic E-state index is -7.23. The Morgan fingerprint density at radius 2 is 0.400 bits per heavy atom. The van der Waals surface area contributed by atoms with Crippen molar-refractivity contribution in [1.29, 1.82) is 0 Å². The lowest BCUT2D eigenvalue weighted by atomic mass is 10.1. The van der Waals surface area contributed by atoms with Crippen molar-refractivity contribution in [3.63, 3.8) is 0 Å². The van der Waals surface area contributed by atoms with E-state index in [4.69, 9.17) is 0 Å². The fourth-order valence-corrected chi connectivity index (χ4v) is 8.52. The van der Waals surface area contributed by atoms with Gasteiger partial charge in [-0.15, -0.1) is 0 Å². The summed E-state index contributed by atoms with van der Waals surface area (Å²) in [4.78, 5) is 0. The lowest BCUT2D eigenvalue weighted by molar-refractivity contribution is -0.346. The maximum absolute atomic E-state index is 12.6. The molecular weight excluding hydrogens is 566 g/mol. The van der Waals surface area contributed by atoms with Crippen LogP contribution in [0.25, 0.3) is 0 Å². The molecule has 0 aliphatic heterocycles. The average Bonchev–Trinajstić information content (AvgIpc) is 2.32. The molecule has 0 aliphatic rings. The van der Waals surface area contributed by atoms with Gasteiger partial charge in [0.15, 0.2) is 0 Å². The van der Waals surface area contributed by atoms with Crippen LogP contribution in [0.3, 0.4) is 0 Å². The summed E-state index contributed by atoms with van der Waals surface area (Å²) in [6.45, 7) is 0. The van der Waals surface area contributed by atoms with Gasteiger partial charge in [0.05, 0.1) is 0 Å². The van der Waals surface area contributed by atoms with E-state index in [1.54, 1.807) is 0 Å². The molecule has 0 aromatic rings. The normalized spacial score (nSPS) is 16.2. The standard InChI is InChI=1S/C8F18S4/c9-3(10,11)1(4(12,13)14,5(15,16)17)27-29-30-28-2(6(18,19)20,7(21,22)23)8(24,25)26. The fourth-order valence-electron chi connectivity index (χ4n) is 1.38. The molecule has 0 N–H and O–H groups in total. The van der Waals surface area contributed by atoms with E-state index in [1.165, 1.54) is 0 Å². The van der Waals surface area contributed by atoms with Gasteiger partial charge < -0.3 is 0 Å². The van der Waals surface area contributed by atoms with Gasteiger partial charge in [0.2, 0.25) is 0 Å². The van der Waals surface area contributed by atoms with Crippen molar-refractivity contribution in [2.45, 2.75) is 46.6 Å². The highest BCUT2D eigenvalue weighted by molar-refractivity contribution is 9.26. The smallest absolute Gasteiger partial charge is 0.169 e. The molecule has 0 saturated carbocycles. The van der Waals surface area contributed by atoms with Crippen LogP contribution < -0.4 is 0 Å². The van der Waals surface area contributed by atoms with Crippen LogP contribution in [-0.4, -0.2) is 46.6 Å². The zero-order chi connectivity index (χ0) is 24.8. The van der Waals surface area contributed by atoms with Gasteiger partial charge in [-0.2, -0.15) is 79.0 Å². The maximum Gasteiger partial charge on any atom is 0.422 e. The van der Waals surface area contributed by atoms with E-state index in [0.29, 0.717) is 0 Å². The largest absolute Gasteiger partial charge is 0.422 e. The third-order valence-corrected chi connectivity index (χ3v) is 10.1. The lowest BCUT2D eigenvalue weighted by Crippen LogP contribution is -2.63. The van der Waals surface area contributed by atoms with Crippen molar-refractivity contribution in [2.75, 3.05) is 0 Å². The summed E-state index contributed by atoms with van der Waals surface area (Å²) >= 11 is 0. The van der Waals surface area contributed by atoms with E-state index < -0.39 is 87.8 Å². The van der Waals surface area contributed by atoms with Crippen LogP contribution in [0.1, 0.15) is 0 Å². The second-order valence-corrected chi connectivity index (χ2v) is 10.7. The van der Waals surface area contributed by atoms with Crippen LogP contribution in [0.5, 0.6) is 0 Å². The number of hydrogen-bond acceptors (Lipinski definition) is 4. The molecule has 0 saturated heterocycles. The molecule has 0 bridgehead atoms. The quantitative estimate of drug-likeness (QED) is 0.186. The molecule has 0 aliphatic carbocycles. The molecule has 182 valence electrons. The molecular formula is C8F18S4. The van der Waals surface area contributed by atoms with E-state index in [2.05, 4.69) is 0 Å². The van der Waals surface area contributed by atoms with Crippen LogP contribution in [-0.2, 0) is 0 Å². The van der Waals surface area contributed by atoms with Crippen molar-refractivity contribution in [2.24, 2.45) is 0 Å². The molecule has 30 heavy (non-hydrogen) atoms. The number of rotatable bonds is 5. The zero-order valence-electron chi connectivity index (χ0n) is 12.4. The molecule has 0 fully saturated rings. The van der Waals surface area contributed by atoms with Crippen LogP contribution in [0.2, 0.25) is 0 Å². The highest BCUT2D eigenvalue weighted by atomic mass is 33.7. The maximum atomic E-state index is 12.6. The predicted octanol–water partition coefficient (Wildman–Crippen LogP) is 8.52.